The summed E-state index contributed by atoms with van der Waals surface area (Å²) in [5.41, 5.74) is 1.40. The summed E-state index contributed by atoms with van der Waals surface area (Å²) >= 11 is 0. The highest BCUT2D eigenvalue weighted by molar-refractivity contribution is 5.17. The molecular weight excluding hydrogens is 222 g/mol. The number of rotatable bonds is 2. The normalized spacial score (nSPS) is 10.4. The number of para-hydroxylation sites is 1. The summed E-state index contributed by atoms with van der Waals surface area (Å²) in [5.74, 6) is 0.0718. The van der Waals surface area contributed by atoms with Crippen LogP contribution in [0.15, 0.2) is 60.7 Å². The number of benzene rings is 2. The maximum absolute atomic E-state index is 10.3. The predicted octanol–water partition coefficient (Wildman–Crippen LogP) is 2.65. The average molecular weight is 243 g/mol. The van der Waals surface area contributed by atoms with E-state index >= 15 is 0 Å². The Morgan fingerprint density at radius 2 is 1.22 bits per heavy atom. The molecule has 0 amide bonds. The van der Waals surface area contributed by atoms with Crippen molar-refractivity contribution in [2.75, 3.05) is 21.1 Å². The van der Waals surface area contributed by atoms with Crippen LogP contribution in [0.1, 0.15) is 5.56 Å². The van der Waals surface area contributed by atoms with Gasteiger partial charge in [0.05, 0.1) is 21.1 Å². The molecule has 0 fully saturated rings. The molecule has 18 heavy (non-hydrogen) atoms. The molecule has 96 valence electrons. The first kappa shape index (κ1) is 14.3. The Kier molecular flexibility index (Phi) is 5.40. The maximum Gasteiger partial charge on any atom is 0.104 e. The van der Waals surface area contributed by atoms with E-state index in [9.17, 15) is 5.11 Å². The number of hydrogen-bond acceptors (Lipinski definition) is 1. The van der Waals surface area contributed by atoms with E-state index < -0.39 is 0 Å². The fourth-order valence-electron chi connectivity index (χ4n) is 1.55. The van der Waals surface area contributed by atoms with E-state index in [1.807, 2.05) is 6.07 Å². The molecule has 0 aromatic heterocycles. The predicted molar refractivity (Wildman–Crippen MR) is 74.1 cm³/mol. The third kappa shape index (κ3) is 6.71. The first-order valence-corrected chi connectivity index (χ1v) is 6.04. The summed E-state index contributed by atoms with van der Waals surface area (Å²) in [7, 11) is 6.60. The molecule has 0 saturated carbocycles. The van der Waals surface area contributed by atoms with Gasteiger partial charge in [0.15, 0.2) is 0 Å². The molecule has 0 heterocycles. The molecule has 2 aromatic carbocycles. The number of nitrogens with zero attached hydrogens (tertiary/aromatic N) is 1. The fraction of sp³-hybridized carbons (Fsp3) is 0.250. The summed E-state index contributed by atoms with van der Waals surface area (Å²) < 4.78 is 0.990. The third-order valence-corrected chi connectivity index (χ3v) is 2.24. The Hall–Kier alpha value is -1.80. The van der Waals surface area contributed by atoms with Crippen LogP contribution >= 0.6 is 0 Å². The first-order valence-electron chi connectivity index (χ1n) is 6.04. The van der Waals surface area contributed by atoms with E-state index in [1.165, 1.54) is 17.7 Å². The minimum absolute atomic E-state index is 0.0718. The standard InChI is InChI=1S/C10H16N.C6H6O/c1-11(2,3)9-10-7-5-4-6-8-10;7-6-4-2-1-3-5-6/h4-8H,9H2,1-3H3;1-5,7H/q+1;/p-1. The lowest BCUT2D eigenvalue weighted by Gasteiger charge is -2.23. The van der Waals surface area contributed by atoms with Crippen molar-refractivity contribution >= 4 is 0 Å². The largest absolute Gasteiger partial charge is 0.872 e. The quantitative estimate of drug-likeness (QED) is 0.744. The zero-order valence-corrected chi connectivity index (χ0v) is 11.3. The van der Waals surface area contributed by atoms with E-state index in [4.69, 9.17) is 0 Å². The minimum Gasteiger partial charge on any atom is -0.872 e. The van der Waals surface area contributed by atoms with Gasteiger partial charge >= 0.3 is 0 Å². The van der Waals surface area contributed by atoms with Gasteiger partial charge in [-0.2, -0.15) is 0 Å². The second-order valence-corrected chi connectivity index (χ2v) is 5.25. The molecular formula is C16H21NO. The van der Waals surface area contributed by atoms with Crippen molar-refractivity contribution in [2.45, 2.75) is 6.54 Å². The molecule has 2 aromatic rings. The van der Waals surface area contributed by atoms with Crippen molar-refractivity contribution < 1.29 is 9.59 Å². The van der Waals surface area contributed by atoms with E-state index in [0.717, 1.165) is 11.0 Å². The molecule has 0 aliphatic carbocycles. The van der Waals surface area contributed by atoms with Crippen molar-refractivity contribution in [1.82, 2.24) is 0 Å². The van der Waals surface area contributed by atoms with Crippen LogP contribution in [0.2, 0.25) is 0 Å². The van der Waals surface area contributed by atoms with Crippen LogP contribution in [-0.2, 0) is 6.54 Å². The topological polar surface area (TPSA) is 23.1 Å². The molecule has 2 heteroatoms. The lowest BCUT2D eigenvalue weighted by atomic mass is 10.2. The molecule has 0 aliphatic heterocycles. The Bertz CT molecular complexity index is 432. The van der Waals surface area contributed by atoms with E-state index in [0.29, 0.717) is 0 Å². The molecule has 2 nitrogen and oxygen atoms in total. The smallest absolute Gasteiger partial charge is 0.104 e. The van der Waals surface area contributed by atoms with Gasteiger partial charge in [-0.25, -0.2) is 0 Å². The van der Waals surface area contributed by atoms with Gasteiger partial charge in [0.2, 0.25) is 0 Å². The highest BCUT2D eigenvalue weighted by Gasteiger charge is 2.06. The fourth-order valence-corrected chi connectivity index (χ4v) is 1.55. The first-order chi connectivity index (χ1) is 8.47. The van der Waals surface area contributed by atoms with Crippen molar-refractivity contribution in [3.05, 3.63) is 66.2 Å². The van der Waals surface area contributed by atoms with Crippen LogP contribution in [0.3, 0.4) is 0 Å². The van der Waals surface area contributed by atoms with Crippen molar-refractivity contribution in [3.8, 4) is 5.75 Å². The second kappa shape index (κ2) is 6.82. The number of hydrogen-bond donors (Lipinski definition) is 0. The molecule has 2 rings (SSSR count). The van der Waals surface area contributed by atoms with Gasteiger partial charge in [-0.3, -0.25) is 0 Å². The molecule has 0 saturated heterocycles. The number of quaternary nitrogens is 1. The Morgan fingerprint density at radius 3 is 1.56 bits per heavy atom. The summed E-state index contributed by atoms with van der Waals surface area (Å²) in [4.78, 5) is 0. The highest BCUT2D eigenvalue weighted by Crippen LogP contribution is 2.05. The van der Waals surface area contributed by atoms with E-state index in [-0.39, 0.29) is 5.75 Å². The highest BCUT2D eigenvalue weighted by atomic mass is 16.3. The van der Waals surface area contributed by atoms with Crippen LogP contribution in [0.25, 0.3) is 0 Å². The lowest BCUT2D eigenvalue weighted by Crippen LogP contribution is -2.33. The summed E-state index contributed by atoms with van der Waals surface area (Å²) in [6, 6.07) is 18.9. The molecule has 0 spiro atoms. The van der Waals surface area contributed by atoms with Crippen molar-refractivity contribution in [1.29, 1.82) is 0 Å². The van der Waals surface area contributed by atoms with Crippen LogP contribution in [0.4, 0.5) is 0 Å². The van der Waals surface area contributed by atoms with Crippen LogP contribution < -0.4 is 5.11 Å². The van der Waals surface area contributed by atoms with Gasteiger partial charge in [0.1, 0.15) is 6.54 Å². The van der Waals surface area contributed by atoms with Crippen LogP contribution in [-0.4, -0.2) is 25.6 Å². The van der Waals surface area contributed by atoms with Gasteiger partial charge in [0.25, 0.3) is 0 Å². The molecule has 0 radical (unpaired) electrons. The monoisotopic (exact) mass is 243 g/mol. The molecule has 0 atom stereocenters. The zero-order valence-electron chi connectivity index (χ0n) is 11.3. The molecule has 0 N–H and O–H groups in total. The van der Waals surface area contributed by atoms with Crippen molar-refractivity contribution in [3.63, 3.8) is 0 Å². The van der Waals surface area contributed by atoms with Gasteiger partial charge in [-0.05, 0) is 0 Å². The summed E-state index contributed by atoms with van der Waals surface area (Å²) in [5, 5.41) is 10.3. The second-order valence-electron chi connectivity index (χ2n) is 5.25. The van der Waals surface area contributed by atoms with E-state index in [2.05, 4.69) is 51.5 Å². The molecule has 0 bridgehead atoms. The van der Waals surface area contributed by atoms with Crippen LogP contribution in [0, 0.1) is 0 Å². The van der Waals surface area contributed by atoms with Gasteiger partial charge < -0.3 is 9.59 Å². The van der Waals surface area contributed by atoms with Gasteiger partial charge in [0, 0.05) is 5.56 Å². The SMILES string of the molecule is C[N+](C)(C)Cc1ccccc1.[O-]c1ccccc1. The lowest BCUT2D eigenvalue weighted by molar-refractivity contribution is -0.884. The van der Waals surface area contributed by atoms with Gasteiger partial charge in [-0.15, -0.1) is 5.75 Å². The Balaban J connectivity index is 0.000000199. The summed E-state index contributed by atoms with van der Waals surface area (Å²) in [6.07, 6.45) is 0. The third-order valence-electron chi connectivity index (χ3n) is 2.24. The van der Waals surface area contributed by atoms with Crippen molar-refractivity contribution in [2.24, 2.45) is 0 Å². The van der Waals surface area contributed by atoms with Crippen LogP contribution in [0.5, 0.6) is 5.75 Å². The Morgan fingerprint density at radius 1 is 0.778 bits per heavy atom. The zero-order chi connectivity index (χ0) is 13.4. The Labute approximate surface area is 110 Å². The molecule has 0 unspecified atom stereocenters. The summed E-state index contributed by atoms with van der Waals surface area (Å²) in [6.45, 7) is 1.10. The minimum atomic E-state index is 0.0718. The van der Waals surface area contributed by atoms with E-state index in [1.54, 1.807) is 12.1 Å². The average Bonchev–Trinajstić information content (AvgIpc) is 2.30. The van der Waals surface area contributed by atoms with Gasteiger partial charge in [-0.1, -0.05) is 60.7 Å². The maximum atomic E-state index is 10.3. The molecule has 0 aliphatic rings.